The third-order valence-corrected chi connectivity index (χ3v) is 4.96. The van der Waals surface area contributed by atoms with Crippen LogP contribution in [0.25, 0.3) is 0 Å². The quantitative estimate of drug-likeness (QED) is 0.473. The Labute approximate surface area is 180 Å². The van der Waals surface area contributed by atoms with E-state index in [2.05, 4.69) is 10.3 Å². The molecule has 9 nitrogen and oxygen atoms in total. The highest BCUT2D eigenvalue weighted by Gasteiger charge is 2.34. The number of hydroxylamine groups is 2. The average molecular weight is 429 g/mol. The summed E-state index contributed by atoms with van der Waals surface area (Å²) in [4.78, 5) is 33.0. The summed E-state index contributed by atoms with van der Waals surface area (Å²) in [6.07, 6.45) is 0.390. The highest BCUT2D eigenvalue weighted by Crippen LogP contribution is 2.21. The SMILES string of the molecule is O=C(CCCC(=O)ON1C(O)CCC1O)Nc1ccc(CC(O)c2ccccn2)cc1. The summed E-state index contributed by atoms with van der Waals surface area (Å²) in [5, 5.41) is 33.1. The first-order valence-corrected chi connectivity index (χ1v) is 10.3. The maximum Gasteiger partial charge on any atom is 0.325 e. The molecule has 4 N–H and O–H groups in total. The van der Waals surface area contributed by atoms with Crippen molar-refractivity contribution >= 4 is 17.6 Å². The fraction of sp³-hybridized carbons (Fsp3) is 0.409. The van der Waals surface area contributed by atoms with Crippen LogP contribution in [0.1, 0.15) is 49.5 Å². The minimum atomic E-state index is -1.00. The van der Waals surface area contributed by atoms with Crippen LogP contribution in [0.15, 0.2) is 48.7 Å². The van der Waals surface area contributed by atoms with E-state index in [9.17, 15) is 24.9 Å². The molecule has 3 unspecified atom stereocenters. The molecular formula is C22H27N3O6. The minimum Gasteiger partial charge on any atom is -0.386 e. The second-order valence-corrected chi connectivity index (χ2v) is 7.43. The zero-order valence-corrected chi connectivity index (χ0v) is 17.1. The number of carbonyl (C=O) groups is 2. The molecule has 0 spiro atoms. The molecule has 1 aliphatic rings. The lowest BCUT2D eigenvalue weighted by Crippen LogP contribution is -2.37. The number of benzene rings is 1. The number of nitrogens with one attached hydrogen (secondary N) is 1. The molecule has 3 rings (SSSR count). The van der Waals surface area contributed by atoms with E-state index in [1.54, 1.807) is 30.5 Å². The Hall–Kier alpha value is -2.85. The van der Waals surface area contributed by atoms with E-state index >= 15 is 0 Å². The van der Waals surface area contributed by atoms with Crippen LogP contribution in [-0.4, -0.2) is 49.7 Å². The normalized spacial score (nSPS) is 19.7. The second kappa shape index (κ2) is 11.0. The number of amides is 1. The first-order valence-electron chi connectivity index (χ1n) is 10.3. The van der Waals surface area contributed by atoms with Gasteiger partial charge in [0.15, 0.2) is 0 Å². The molecule has 1 aliphatic heterocycles. The van der Waals surface area contributed by atoms with Gasteiger partial charge in [0.1, 0.15) is 12.5 Å². The third-order valence-electron chi connectivity index (χ3n) is 4.96. The Morgan fingerprint density at radius 1 is 1.10 bits per heavy atom. The topological polar surface area (TPSA) is 132 Å². The Morgan fingerprint density at radius 2 is 1.81 bits per heavy atom. The van der Waals surface area contributed by atoms with Crippen LogP contribution in [0.3, 0.4) is 0 Å². The summed E-state index contributed by atoms with van der Waals surface area (Å²) in [5.41, 5.74) is 2.13. The minimum absolute atomic E-state index is 0.00624. The molecule has 0 saturated carbocycles. The maximum absolute atomic E-state index is 12.1. The summed E-state index contributed by atoms with van der Waals surface area (Å²) in [6.45, 7) is 0. The van der Waals surface area contributed by atoms with Gasteiger partial charge in [0.25, 0.3) is 0 Å². The van der Waals surface area contributed by atoms with Crippen LogP contribution < -0.4 is 5.32 Å². The number of aliphatic hydroxyl groups is 3. The lowest BCUT2D eigenvalue weighted by Gasteiger charge is -2.21. The first kappa shape index (κ1) is 22.8. The van der Waals surface area contributed by atoms with E-state index in [1.807, 2.05) is 18.2 Å². The van der Waals surface area contributed by atoms with Crippen molar-refractivity contribution in [3.63, 3.8) is 0 Å². The van der Waals surface area contributed by atoms with Gasteiger partial charge >= 0.3 is 5.97 Å². The molecule has 1 amide bonds. The van der Waals surface area contributed by atoms with Crippen molar-refractivity contribution in [1.82, 2.24) is 10.0 Å². The Balaban J connectivity index is 1.38. The Bertz CT molecular complexity index is 851. The number of nitrogens with zero attached hydrogens (tertiary/aromatic N) is 2. The molecule has 1 aromatic carbocycles. The number of aromatic nitrogens is 1. The van der Waals surface area contributed by atoms with Crippen molar-refractivity contribution in [1.29, 1.82) is 0 Å². The summed E-state index contributed by atoms with van der Waals surface area (Å²) in [7, 11) is 0. The van der Waals surface area contributed by atoms with Crippen LogP contribution in [-0.2, 0) is 20.8 Å². The molecule has 166 valence electrons. The second-order valence-electron chi connectivity index (χ2n) is 7.43. The standard InChI is InChI=1S/C22H27N3O6/c26-18(17-4-1-2-13-23-17)14-15-7-9-16(10-8-15)24-19(27)5-3-6-22(30)31-25-20(28)11-12-21(25)29/h1-2,4,7-10,13,18,20-21,26,28-29H,3,5-6,11-12,14H2,(H,24,27). The van der Waals surface area contributed by atoms with Crippen molar-refractivity contribution in [3.8, 4) is 0 Å². The zero-order chi connectivity index (χ0) is 22.2. The molecule has 3 atom stereocenters. The van der Waals surface area contributed by atoms with E-state index < -0.39 is 24.5 Å². The predicted molar refractivity (Wildman–Crippen MR) is 111 cm³/mol. The lowest BCUT2D eigenvalue weighted by atomic mass is 10.0. The largest absolute Gasteiger partial charge is 0.386 e. The van der Waals surface area contributed by atoms with Crippen LogP contribution in [0.2, 0.25) is 0 Å². The fourth-order valence-corrected chi connectivity index (χ4v) is 3.28. The van der Waals surface area contributed by atoms with Crippen LogP contribution in [0.5, 0.6) is 0 Å². The van der Waals surface area contributed by atoms with Crippen molar-refractivity contribution in [3.05, 3.63) is 59.9 Å². The summed E-state index contributed by atoms with van der Waals surface area (Å²) < 4.78 is 0. The number of aliphatic hydroxyl groups excluding tert-OH is 3. The molecule has 2 heterocycles. The predicted octanol–water partition coefficient (Wildman–Crippen LogP) is 1.66. The molecule has 2 aromatic rings. The van der Waals surface area contributed by atoms with Crippen LogP contribution in [0.4, 0.5) is 5.69 Å². The summed E-state index contributed by atoms with van der Waals surface area (Å²) in [5.74, 6) is -0.848. The number of pyridine rings is 1. The smallest absolute Gasteiger partial charge is 0.325 e. The van der Waals surface area contributed by atoms with Crippen molar-refractivity contribution < 1.29 is 29.7 Å². The summed E-state index contributed by atoms with van der Waals surface area (Å²) >= 11 is 0. The number of carbonyl (C=O) groups excluding carboxylic acids is 2. The fourth-order valence-electron chi connectivity index (χ4n) is 3.28. The molecule has 0 radical (unpaired) electrons. The number of hydrogen-bond donors (Lipinski definition) is 4. The lowest BCUT2D eigenvalue weighted by molar-refractivity contribution is -0.261. The van der Waals surface area contributed by atoms with Gasteiger partial charge in [-0.3, -0.25) is 14.6 Å². The van der Waals surface area contributed by atoms with E-state index in [0.29, 0.717) is 30.6 Å². The van der Waals surface area contributed by atoms with Crippen molar-refractivity contribution in [2.24, 2.45) is 0 Å². The monoisotopic (exact) mass is 429 g/mol. The Kier molecular flexibility index (Phi) is 8.07. The Morgan fingerprint density at radius 3 is 2.45 bits per heavy atom. The van der Waals surface area contributed by atoms with Gasteiger partial charge in [-0.2, -0.15) is 0 Å². The maximum atomic E-state index is 12.1. The molecule has 1 fully saturated rings. The molecule has 1 saturated heterocycles. The number of rotatable bonds is 9. The molecule has 0 aliphatic carbocycles. The number of anilines is 1. The van der Waals surface area contributed by atoms with E-state index in [1.165, 1.54) is 0 Å². The van der Waals surface area contributed by atoms with Crippen LogP contribution >= 0.6 is 0 Å². The molecule has 0 bridgehead atoms. The average Bonchev–Trinajstić information content (AvgIpc) is 3.07. The highest BCUT2D eigenvalue weighted by molar-refractivity contribution is 5.90. The van der Waals surface area contributed by atoms with Gasteiger partial charge in [-0.1, -0.05) is 23.3 Å². The van der Waals surface area contributed by atoms with Gasteiger partial charge in [0.05, 0.1) is 11.8 Å². The first-order chi connectivity index (χ1) is 14.9. The van der Waals surface area contributed by atoms with E-state index in [4.69, 9.17) is 4.84 Å². The zero-order valence-electron chi connectivity index (χ0n) is 17.1. The van der Waals surface area contributed by atoms with Gasteiger partial charge in [-0.05, 0) is 49.1 Å². The highest BCUT2D eigenvalue weighted by atomic mass is 16.7. The van der Waals surface area contributed by atoms with E-state index in [0.717, 1.165) is 10.6 Å². The van der Waals surface area contributed by atoms with Crippen molar-refractivity contribution in [2.45, 2.75) is 57.1 Å². The van der Waals surface area contributed by atoms with Gasteiger partial charge in [0.2, 0.25) is 5.91 Å². The van der Waals surface area contributed by atoms with Gasteiger partial charge in [0, 0.05) is 31.1 Å². The third kappa shape index (κ3) is 6.83. The van der Waals surface area contributed by atoms with Crippen LogP contribution in [0, 0.1) is 0 Å². The van der Waals surface area contributed by atoms with Gasteiger partial charge in [-0.25, -0.2) is 0 Å². The molecule has 31 heavy (non-hydrogen) atoms. The molecule has 1 aromatic heterocycles. The van der Waals surface area contributed by atoms with Gasteiger partial charge in [-0.15, -0.1) is 0 Å². The van der Waals surface area contributed by atoms with E-state index in [-0.39, 0.29) is 25.2 Å². The van der Waals surface area contributed by atoms with Gasteiger partial charge < -0.3 is 25.5 Å². The molecular weight excluding hydrogens is 402 g/mol. The summed E-state index contributed by atoms with van der Waals surface area (Å²) in [6, 6.07) is 12.5. The number of hydrogen-bond acceptors (Lipinski definition) is 8. The molecule has 9 heteroatoms. The van der Waals surface area contributed by atoms with Crippen molar-refractivity contribution in [2.75, 3.05) is 5.32 Å².